The zero-order valence-corrected chi connectivity index (χ0v) is 10.5. The minimum atomic E-state index is 0.480. The third kappa shape index (κ3) is 3.72. The van der Waals surface area contributed by atoms with Gasteiger partial charge in [0.15, 0.2) is 0 Å². The standard InChI is InChI=1S/C13H25NO2/c1-2-7-14(10-12-5-3-8-15-12)11-13-6-4-9-16-13/h12-13H,2-11H2,1H3/t12-,13+. The SMILES string of the molecule is CCCN(C[C@H]1CCCO1)C[C@@H]1CCCO1. The molecule has 2 rings (SSSR count). The summed E-state index contributed by atoms with van der Waals surface area (Å²) < 4.78 is 11.4. The van der Waals surface area contributed by atoms with Crippen molar-refractivity contribution in [2.45, 2.75) is 51.2 Å². The topological polar surface area (TPSA) is 21.7 Å². The largest absolute Gasteiger partial charge is 0.377 e. The van der Waals surface area contributed by atoms with Crippen molar-refractivity contribution in [3.63, 3.8) is 0 Å². The fourth-order valence-electron chi connectivity index (χ4n) is 2.73. The lowest BCUT2D eigenvalue weighted by Gasteiger charge is -2.27. The molecule has 0 spiro atoms. The van der Waals surface area contributed by atoms with Gasteiger partial charge in [-0.1, -0.05) is 6.92 Å². The van der Waals surface area contributed by atoms with Crippen LogP contribution in [0.1, 0.15) is 39.0 Å². The number of hydrogen-bond donors (Lipinski definition) is 0. The van der Waals surface area contributed by atoms with Crippen LogP contribution in [0.4, 0.5) is 0 Å². The highest BCUT2D eigenvalue weighted by molar-refractivity contribution is 4.75. The lowest BCUT2D eigenvalue weighted by atomic mass is 10.2. The molecule has 0 unspecified atom stereocenters. The van der Waals surface area contributed by atoms with Crippen LogP contribution in [0.3, 0.4) is 0 Å². The Morgan fingerprint density at radius 1 is 1.00 bits per heavy atom. The molecule has 0 aromatic carbocycles. The van der Waals surface area contributed by atoms with E-state index in [9.17, 15) is 0 Å². The molecule has 0 aromatic heterocycles. The summed E-state index contributed by atoms with van der Waals surface area (Å²) in [5.41, 5.74) is 0. The molecule has 2 fully saturated rings. The molecule has 2 aliphatic rings. The predicted molar refractivity (Wildman–Crippen MR) is 64.7 cm³/mol. The van der Waals surface area contributed by atoms with Crippen LogP contribution < -0.4 is 0 Å². The van der Waals surface area contributed by atoms with Crippen molar-refractivity contribution >= 4 is 0 Å². The van der Waals surface area contributed by atoms with Crippen LogP contribution in [0.2, 0.25) is 0 Å². The van der Waals surface area contributed by atoms with Crippen molar-refractivity contribution in [2.24, 2.45) is 0 Å². The zero-order chi connectivity index (χ0) is 11.2. The van der Waals surface area contributed by atoms with E-state index in [1.54, 1.807) is 0 Å². The van der Waals surface area contributed by atoms with Gasteiger partial charge in [0, 0.05) is 26.3 Å². The van der Waals surface area contributed by atoms with Crippen molar-refractivity contribution < 1.29 is 9.47 Å². The first kappa shape index (κ1) is 12.3. The maximum absolute atomic E-state index is 5.71. The van der Waals surface area contributed by atoms with Crippen molar-refractivity contribution in [3.8, 4) is 0 Å². The smallest absolute Gasteiger partial charge is 0.0702 e. The molecule has 0 radical (unpaired) electrons. The highest BCUT2D eigenvalue weighted by Gasteiger charge is 2.23. The Balaban J connectivity index is 1.73. The molecule has 0 aliphatic carbocycles. The summed E-state index contributed by atoms with van der Waals surface area (Å²) in [4.78, 5) is 2.53. The second kappa shape index (κ2) is 6.58. The van der Waals surface area contributed by atoms with Crippen LogP contribution in [0, 0.1) is 0 Å². The Morgan fingerprint density at radius 2 is 1.56 bits per heavy atom. The number of nitrogens with zero attached hydrogens (tertiary/aromatic N) is 1. The maximum atomic E-state index is 5.71. The molecule has 94 valence electrons. The van der Waals surface area contributed by atoms with Gasteiger partial charge in [0.2, 0.25) is 0 Å². The Bertz CT molecular complexity index is 168. The first-order valence-corrected chi connectivity index (χ1v) is 6.84. The monoisotopic (exact) mass is 227 g/mol. The van der Waals surface area contributed by atoms with E-state index in [4.69, 9.17) is 9.47 Å². The van der Waals surface area contributed by atoms with Gasteiger partial charge >= 0.3 is 0 Å². The molecule has 2 heterocycles. The highest BCUT2D eigenvalue weighted by atomic mass is 16.5. The Morgan fingerprint density at radius 3 is 1.94 bits per heavy atom. The minimum Gasteiger partial charge on any atom is -0.377 e. The summed E-state index contributed by atoms with van der Waals surface area (Å²) >= 11 is 0. The Labute approximate surface area is 99.1 Å². The van der Waals surface area contributed by atoms with Crippen molar-refractivity contribution in [2.75, 3.05) is 32.8 Å². The third-order valence-corrected chi connectivity index (χ3v) is 3.51. The molecule has 16 heavy (non-hydrogen) atoms. The molecular formula is C13H25NO2. The summed E-state index contributed by atoms with van der Waals surface area (Å²) in [5.74, 6) is 0. The Hall–Kier alpha value is -0.120. The number of ether oxygens (including phenoxy) is 2. The molecular weight excluding hydrogens is 202 g/mol. The van der Waals surface area contributed by atoms with E-state index >= 15 is 0 Å². The van der Waals surface area contributed by atoms with E-state index in [1.165, 1.54) is 38.6 Å². The molecule has 0 saturated carbocycles. The van der Waals surface area contributed by atoms with Gasteiger partial charge in [-0.3, -0.25) is 4.90 Å². The van der Waals surface area contributed by atoms with Gasteiger partial charge < -0.3 is 9.47 Å². The summed E-state index contributed by atoms with van der Waals surface area (Å²) in [6.45, 7) is 7.56. The fraction of sp³-hybridized carbons (Fsp3) is 1.00. The quantitative estimate of drug-likeness (QED) is 0.693. The maximum Gasteiger partial charge on any atom is 0.0702 e. The lowest BCUT2D eigenvalue weighted by Crippen LogP contribution is -2.38. The average molecular weight is 227 g/mol. The summed E-state index contributed by atoms with van der Waals surface area (Å²) in [6.07, 6.45) is 7.15. The Kier molecular flexibility index (Phi) is 5.07. The first-order valence-electron chi connectivity index (χ1n) is 6.84. The van der Waals surface area contributed by atoms with E-state index in [0.29, 0.717) is 12.2 Å². The molecule has 3 nitrogen and oxygen atoms in total. The first-order chi connectivity index (χ1) is 7.88. The lowest BCUT2D eigenvalue weighted by molar-refractivity contribution is 0.0377. The molecule has 0 bridgehead atoms. The summed E-state index contributed by atoms with van der Waals surface area (Å²) in [7, 11) is 0. The van der Waals surface area contributed by atoms with Crippen LogP contribution in [-0.2, 0) is 9.47 Å². The number of rotatable bonds is 6. The number of hydrogen-bond acceptors (Lipinski definition) is 3. The van der Waals surface area contributed by atoms with Crippen LogP contribution in [-0.4, -0.2) is 50.0 Å². The van der Waals surface area contributed by atoms with Gasteiger partial charge in [0.25, 0.3) is 0 Å². The van der Waals surface area contributed by atoms with Crippen molar-refractivity contribution in [1.82, 2.24) is 4.90 Å². The van der Waals surface area contributed by atoms with E-state index in [2.05, 4.69) is 11.8 Å². The van der Waals surface area contributed by atoms with Gasteiger partial charge in [0.1, 0.15) is 0 Å². The molecule has 2 atom stereocenters. The summed E-state index contributed by atoms with van der Waals surface area (Å²) in [5, 5.41) is 0. The highest BCUT2D eigenvalue weighted by Crippen LogP contribution is 2.17. The van der Waals surface area contributed by atoms with Crippen molar-refractivity contribution in [3.05, 3.63) is 0 Å². The van der Waals surface area contributed by atoms with Crippen LogP contribution in [0.25, 0.3) is 0 Å². The van der Waals surface area contributed by atoms with E-state index in [1.807, 2.05) is 0 Å². The van der Waals surface area contributed by atoms with Gasteiger partial charge in [-0.15, -0.1) is 0 Å². The van der Waals surface area contributed by atoms with Gasteiger partial charge in [-0.2, -0.15) is 0 Å². The van der Waals surface area contributed by atoms with Crippen LogP contribution in [0.15, 0.2) is 0 Å². The van der Waals surface area contributed by atoms with Crippen LogP contribution >= 0.6 is 0 Å². The second-order valence-electron chi connectivity index (χ2n) is 5.03. The molecule has 0 aromatic rings. The summed E-state index contributed by atoms with van der Waals surface area (Å²) in [6, 6.07) is 0. The van der Waals surface area contributed by atoms with E-state index in [-0.39, 0.29) is 0 Å². The average Bonchev–Trinajstić information content (AvgIpc) is 2.91. The molecule has 2 aliphatic heterocycles. The normalized spacial score (nSPS) is 30.4. The fourth-order valence-corrected chi connectivity index (χ4v) is 2.73. The zero-order valence-electron chi connectivity index (χ0n) is 10.5. The molecule has 0 N–H and O–H groups in total. The van der Waals surface area contributed by atoms with Crippen molar-refractivity contribution in [1.29, 1.82) is 0 Å². The van der Waals surface area contributed by atoms with E-state index < -0.39 is 0 Å². The minimum absolute atomic E-state index is 0.480. The third-order valence-electron chi connectivity index (χ3n) is 3.51. The van der Waals surface area contributed by atoms with Gasteiger partial charge in [-0.25, -0.2) is 0 Å². The molecule has 2 saturated heterocycles. The molecule has 3 heteroatoms. The van der Waals surface area contributed by atoms with E-state index in [0.717, 1.165) is 26.3 Å². The van der Waals surface area contributed by atoms with Crippen LogP contribution in [0.5, 0.6) is 0 Å². The van der Waals surface area contributed by atoms with Gasteiger partial charge in [0.05, 0.1) is 12.2 Å². The molecule has 0 amide bonds. The van der Waals surface area contributed by atoms with Gasteiger partial charge in [-0.05, 0) is 38.6 Å². The predicted octanol–water partition coefficient (Wildman–Crippen LogP) is 2.06. The second-order valence-corrected chi connectivity index (χ2v) is 5.03.